The molecule has 0 amide bonds. The first-order valence-electron chi connectivity index (χ1n) is 5.63. The molecule has 5 heteroatoms. The number of hydrogen-bond donors (Lipinski definition) is 1. The summed E-state index contributed by atoms with van der Waals surface area (Å²) in [6, 6.07) is 7.36. The lowest BCUT2D eigenvalue weighted by atomic mass is 10.0. The SMILES string of the molecule is COC(=O)c1ccc(-c2cc(Br)cnc2N)cc1C. The molecule has 0 saturated carbocycles. The van der Waals surface area contributed by atoms with Crippen LogP contribution in [-0.4, -0.2) is 18.1 Å². The van der Waals surface area contributed by atoms with Crippen molar-refractivity contribution in [1.82, 2.24) is 4.98 Å². The van der Waals surface area contributed by atoms with Crippen LogP contribution in [0, 0.1) is 6.92 Å². The van der Waals surface area contributed by atoms with Crippen LogP contribution in [-0.2, 0) is 4.74 Å². The Balaban J connectivity index is 2.50. The molecular weight excluding hydrogens is 308 g/mol. The molecule has 2 aromatic rings. The lowest BCUT2D eigenvalue weighted by Gasteiger charge is -2.09. The van der Waals surface area contributed by atoms with E-state index in [1.165, 1.54) is 7.11 Å². The van der Waals surface area contributed by atoms with Gasteiger partial charge in [0.2, 0.25) is 0 Å². The molecule has 0 aliphatic heterocycles. The molecule has 0 unspecified atom stereocenters. The minimum absolute atomic E-state index is 0.343. The van der Waals surface area contributed by atoms with E-state index in [0.29, 0.717) is 11.4 Å². The molecule has 98 valence electrons. The van der Waals surface area contributed by atoms with Crippen molar-refractivity contribution in [2.45, 2.75) is 6.92 Å². The second-order valence-electron chi connectivity index (χ2n) is 4.11. The van der Waals surface area contributed by atoms with Gasteiger partial charge in [0, 0.05) is 16.2 Å². The predicted molar refractivity (Wildman–Crippen MR) is 77.9 cm³/mol. The summed E-state index contributed by atoms with van der Waals surface area (Å²) in [5, 5.41) is 0. The smallest absolute Gasteiger partial charge is 0.338 e. The summed E-state index contributed by atoms with van der Waals surface area (Å²) in [5.41, 5.74) is 9.00. The molecule has 4 nitrogen and oxygen atoms in total. The number of nitrogens with two attached hydrogens (primary N) is 1. The zero-order valence-electron chi connectivity index (χ0n) is 10.6. The highest BCUT2D eigenvalue weighted by Gasteiger charge is 2.11. The van der Waals surface area contributed by atoms with Gasteiger partial charge in [0.25, 0.3) is 0 Å². The van der Waals surface area contributed by atoms with Crippen molar-refractivity contribution in [1.29, 1.82) is 0 Å². The Hall–Kier alpha value is -1.88. The number of pyridine rings is 1. The number of rotatable bonds is 2. The highest BCUT2D eigenvalue weighted by Crippen LogP contribution is 2.28. The lowest BCUT2D eigenvalue weighted by Crippen LogP contribution is -2.04. The van der Waals surface area contributed by atoms with Gasteiger partial charge in [0.15, 0.2) is 0 Å². The Bertz CT molecular complexity index is 641. The predicted octanol–water partition coefficient (Wildman–Crippen LogP) is 3.19. The number of nitrogens with zero attached hydrogens (tertiary/aromatic N) is 1. The summed E-state index contributed by atoms with van der Waals surface area (Å²) in [7, 11) is 1.37. The number of aryl methyl sites for hydroxylation is 1. The van der Waals surface area contributed by atoms with Crippen LogP contribution < -0.4 is 5.73 Å². The molecule has 0 aliphatic carbocycles. The van der Waals surface area contributed by atoms with Gasteiger partial charge in [-0.05, 0) is 46.1 Å². The standard InChI is InChI=1S/C14H13BrN2O2/c1-8-5-9(3-4-11(8)14(18)19-2)12-6-10(15)7-17-13(12)16/h3-7H,1-2H3,(H2,16,17). The van der Waals surface area contributed by atoms with Crippen LogP contribution in [0.15, 0.2) is 34.9 Å². The molecule has 1 aromatic heterocycles. The van der Waals surface area contributed by atoms with Gasteiger partial charge < -0.3 is 10.5 Å². The summed E-state index contributed by atoms with van der Waals surface area (Å²) < 4.78 is 5.58. The number of benzene rings is 1. The number of anilines is 1. The van der Waals surface area contributed by atoms with E-state index >= 15 is 0 Å². The zero-order valence-corrected chi connectivity index (χ0v) is 12.2. The van der Waals surface area contributed by atoms with Crippen LogP contribution in [0.4, 0.5) is 5.82 Å². The molecule has 0 saturated heterocycles. The second kappa shape index (κ2) is 5.40. The first-order valence-corrected chi connectivity index (χ1v) is 6.42. The van der Waals surface area contributed by atoms with Crippen LogP contribution in [0.2, 0.25) is 0 Å². The van der Waals surface area contributed by atoms with Crippen LogP contribution in [0.1, 0.15) is 15.9 Å². The van der Waals surface area contributed by atoms with E-state index in [-0.39, 0.29) is 5.97 Å². The Morgan fingerprint density at radius 1 is 1.37 bits per heavy atom. The maximum atomic E-state index is 11.5. The highest BCUT2D eigenvalue weighted by atomic mass is 79.9. The molecule has 2 rings (SSSR count). The molecule has 1 heterocycles. The van der Waals surface area contributed by atoms with Gasteiger partial charge in [-0.1, -0.05) is 12.1 Å². The van der Waals surface area contributed by atoms with Crippen molar-refractivity contribution in [2.75, 3.05) is 12.8 Å². The number of nitrogen functional groups attached to an aromatic ring is 1. The number of carbonyl (C=O) groups excluding carboxylic acids is 1. The van der Waals surface area contributed by atoms with E-state index in [9.17, 15) is 4.79 Å². The van der Waals surface area contributed by atoms with Gasteiger partial charge in [-0.15, -0.1) is 0 Å². The van der Waals surface area contributed by atoms with Gasteiger partial charge in [-0.2, -0.15) is 0 Å². The first kappa shape index (κ1) is 13.5. The van der Waals surface area contributed by atoms with Crippen molar-refractivity contribution in [3.05, 3.63) is 46.1 Å². The van der Waals surface area contributed by atoms with E-state index in [0.717, 1.165) is 21.2 Å². The normalized spacial score (nSPS) is 10.3. The number of esters is 1. The molecule has 19 heavy (non-hydrogen) atoms. The quantitative estimate of drug-likeness (QED) is 0.863. The third-order valence-electron chi connectivity index (χ3n) is 2.83. The van der Waals surface area contributed by atoms with Crippen LogP contribution >= 0.6 is 15.9 Å². The summed E-state index contributed by atoms with van der Waals surface area (Å²) in [6.45, 7) is 1.86. The molecule has 0 spiro atoms. The molecular formula is C14H13BrN2O2. The van der Waals surface area contributed by atoms with Gasteiger partial charge in [0.1, 0.15) is 5.82 Å². The molecule has 0 aliphatic rings. The number of hydrogen-bond acceptors (Lipinski definition) is 4. The molecule has 0 atom stereocenters. The minimum Gasteiger partial charge on any atom is -0.465 e. The highest BCUT2D eigenvalue weighted by molar-refractivity contribution is 9.10. The fraction of sp³-hybridized carbons (Fsp3) is 0.143. The zero-order chi connectivity index (χ0) is 14.0. The van der Waals surface area contributed by atoms with E-state index in [1.807, 2.05) is 25.1 Å². The van der Waals surface area contributed by atoms with Crippen LogP contribution in [0.25, 0.3) is 11.1 Å². The van der Waals surface area contributed by atoms with E-state index in [2.05, 4.69) is 20.9 Å². The molecule has 0 radical (unpaired) electrons. The Morgan fingerprint density at radius 2 is 2.11 bits per heavy atom. The average Bonchev–Trinajstić information content (AvgIpc) is 2.40. The third-order valence-corrected chi connectivity index (χ3v) is 3.26. The van der Waals surface area contributed by atoms with E-state index in [1.54, 1.807) is 12.3 Å². The van der Waals surface area contributed by atoms with E-state index < -0.39 is 0 Å². The maximum Gasteiger partial charge on any atom is 0.338 e. The van der Waals surface area contributed by atoms with Gasteiger partial charge in [0.05, 0.1) is 12.7 Å². The van der Waals surface area contributed by atoms with Gasteiger partial charge >= 0.3 is 5.97 Å². The summed E-state index contributed by atoms with van der Waals surface area (Å²) in [5.74, 6) is 0.109. The maximum absolute atomic E-state index is 11.5. The number of methoxy groups -OCH3 is 1. The van der Waals surface area contributed by atoms with Gasteiger partial charge in [-0.25, -0.2) is 9.78 Å². The topological polar surface area (TPSA) is 65.2 Å². The molecule has 0 fully saturated rings. The Labute approximate surface area is 119 Å². The monoisotopic (exact) mass is 320 g/mol. The first-order chi connectivity index (χ1) is 9.02. The summed E-state index contributed by atoms with van der Waals surface area (Å²) in [6.07, 6.45) is 1.65. The van der Waals surface area contributed by atoms with Crippen molar-refractivity contribution < 1.29 is 9.53 Å². The average molecular weight is 321 g/mol. The largest absolute Gasteiger partial charge is 0.465 e. The van der Waals surface area contributed by atoms with E-state index in [4.69, 9.17) is 10.5 Å². The number of carbonyl (C=O) groups is 1. The number of halogens is 1. The van der Waals surface area contributed by atoms with Crippen molar-refractivity contribution in [3.8, 4) is 11.1 Å². The minimum atomic E-state index is -0.343. The number of ether oxygens (including phenoxy) is 1. The Morgan fingerprint density at radius 3 is 2.74 bits per heavy atom. The third kappa shape index (κ3) is 2.76. The van der Waals surface area contributed by atoms with Crippen LogP contribution in [0.5, 0.6) is 0 Å². The van der Waals surface area contributed by atoms with Crippen molar-refractivity contribution in [2.24, 2.45) is 0 Å². The van der Waals surface area contributed by atoms with Crippen LogP contribution in [0.3, 0.4) is 0 Å². The number of aromatic nitrogens is 1. The van der Waals surface area contributed by atoms with Gasteiger partial charge in [-0.3, -0.25) is 0 Å². The summed E-state index contributed by atoms with van der Waals surface area (Å²) in [4.78, 5) is 15.6. The molecule has 2 N–H and O–H groups in total. The fourth-order valence-corrected chi connectivity index (χ4v) is 2.18. The fourth-order valence-electron chi connectivity index (χ4n) is 1.85. The molecule has 0 bridgehead atoms. The summed E-state index contributed by atoms with van der Waals surface area (Å²) >= 11 is 3.37. The van der Waals surface area contributed by atoms with Crippen molar-refractivity contribution in [3.63, 3.8) is 0 Å². The second-order valence-corrected chi connectivity index (χ2v) is 5.02. The molecule has 1 aromatic carbocycles. The lowest BCUT2D eigenvalue weighted by molar-refractivity contribution is 0.0600. The Kier molecular flexibility index (Phi) is 3.85. The van der Waals surface area contributed by atoms with Crippen molar-refractivity contribution >= 4 is 27.7 Å².